The highest BCUT2D eigenvalue weighted by molar-refractivity contribution is 5.80. The number of carbonyl (C=O) groups is 2. The number of amides is 1. The molecule has 1 amide bonds. The molecule has 0 bridgehead atoms. The molecule has 1 aromatic carbocycles. The standard InChI is InChI=1S/C17H24FNO3/c1-4-17(5-2,16(21)22)11-19-15(20)12(3)9-13-7-6-8-14(18)10-13/h6-8,10,12H,4-5,9,11H2,1-3H3,(H,19,20)(H,21,22). The first-order valence-electron chi connectivity index (χ1n) is 7.60. The van der Waals surface area contributed by atoms with E-state index in [2.05, 4.69) is 5.32 Å². The number of halogens is 1. The lowest BCUT2D eigenvalue weighted by Gasteiger charge is -2.27. The van der Waals surface area contributed by atoms with Crippen LogP contribution in [0.15, 0.2) is 24.3 Å². The molecule has 1 unspecified atom stereocenters. The molecular weight excluding hydrogens is 285 g/mol. The lowest BCUT2D eigenvalue weighted by Crippen LogP contribution is -2.44. The van der Waals surface area contributed by atoms with Crippen molar-refractivity contribution in [2.45, 2.75) is 40.0 Å². The average Bonchev–Trinajstić information content (AvgIpc) is 2.48. The smallest absolute Gasteiger partial charge is 0.311 e. The number of hydrogen-bond acceptors (Lipinski definition) is 2. The number of carbonyl (C=O) groups excluding carboxylic acids is 1. The molecule has 0 aliphatic rings. The van der Waals surface area contributed by atoms with Gasteiger partial charge in [-0.2, -0.15) is 0 Å². The molecule has 122 valence electrons. The van der Waals surface area contributed by atoms with Crippen LogP contribution in [0.3, 0.4) is 0 Å². The second-order valence-corrected chi connectivity index (χ2v) is 5.75. The van der Waals surface area contributed by atoms with E-state index >= 15 is 0 Å². The quantitative estimate of drug-likeness (QED) is 0.776. The van der Waals surface area contributed by atoms with Crippen LogP contribution in [0.25, 0.3) is 0 Å². The second-order valence-electron chi connectivity index (χ2n) is 5.75. The SMILES string of the molecule is CCC(CC)(CNC(=O)C(C)Cc1cccc(F)c1)C(=O)O. The van der Waals surface area contributed by atoms with Crippen molar-refractivity contribution in [1.82, 2.24) is 5.32 Å². The highest BCUT2D eigenvalue weighted by atomic mass is 19.1. The van der Waals surface area contributed by atoms with Crippen LogP contribution in [-0.4, -0.2) is 23.5 Å². The van der Waals surface area contributed by atoms with E-state index in [4.69, 9.17) is 0 Å². The van der Waals surface area contributed by atoms with Crippen LogP contribution in [0.2, 0.25) is 0 Å². The van der Waals surface area contributed by atoms with E-state index in [-0.39, 0.29) is 24.2 Å². The van der Waals surface area contributed by atoms with Gasteiger partial charge < -0.3 is 10.4 Å². The third kappa shape index (κ3) is 4.55. The van der Waals surface area contributed by atoms with Gasteiger partial charge in [-0.05, 0) is 37.0 Å². The number of carboxylic acid groups (broad SMARTS) is 1. The molecule has 0 heterocycles. The summed E-state index contributed by atoms with van der Waals surface area (Å²) in [6, 6.07) is 6.15. The Labute approximate surface area is 130 Å². The summed E-state index contributed by atoms with van der Waals surface area (Å²) in [4.78, 5) is 23.5. The van der Waals surface area contributed by atoms with Crippen molar-refractivity contribution in [3.05, 3.63) is 35.6 Å². The van der Waals surface area contributed by atoms with E-state index in [0.29, 0.717) is 19.3 Å². The van der Waals surface area contributed by atoms with Crippen molar-refractivity contribution in [2.75, 3.05) is 6.54 Å². The zero-order chi connectivity index (χ0) is 16.8. The van der Waals surface area contributed by atoms with Crippen LogP contribution in [0.4, 0.5) is 4.39 Å². The monoisotopic (exact) mass is 309 g/mol. The summed E-state index contributed by atoms with van der Waals surface area (Å²) in [7, 11) is 0. The molecule has 1 atom stereocenters. The molecule has 1 rings (SSSR count). The normalized spacial score (nSPS) is 12.7. The Morgan fingerprint density at radius 1 is 1.32 bits per heavy atom. The maximum absolute atomic E-state index is 13.1. The number of benzene rings is 1. The van der Waals surface area contributed by atoms with Crippen molar-refractivity contribution in [3.63, 3.8) is 0 Å². The minimum absolute atomic E-state index is 0.113. The Bertz CT molecular complexity index is 526. The second kappa shape index (κ2) is 7.92. The van der Waals surface area contributed by atoms with Gasteiger partial charge in [-0.25, -0.2) is 4.39 Å². The lowest BCUT2D eigenvalue weighted by atomic mass is 9.82. The molecule has 2 N–H and O–H groups in total. The zero-order valence-corrected chi connectivity index (χ0v) is 13.4. The predicted octanol–water partition coefficient (Wildman–Crippen LogP) is 3.01. The summed E-state index contributed by atoms with van der Waals surface area (Å²) < 4.78 is 13.1. The molecule has 0 fully saturated rings. The Hall–Kier alpha value is -1.91. The summed E-state index contributed by atoms with van der Waals surface area (Å²) in [5, 5.41) is 12.1. The zero-order valence-electron chi connectivity index (χ0n) is 13.4. The van der Waals surface area contributed by atoms with Crippen molar-refractivity contribution in [3.8, 4) is 0 Å². The molecule has 0 saturated heterocycles. The predicted molar refractivity (Wildman–Crippen MR) is 82.9 cm³/mol. The van der Waals surface area contributed by atoms with Gasteiger partial charge in [0, 0.05) is 12.5 Å². The molecular formula is C17H24FNO3. The molecule has 5 heteroatoms. The fourth-order valence-electron chi connectivity index (χ4n) is 2.42. The van der Waals surface area contributed by atoms with E-state index in [9.17, 15) is 19.1 Å². The van der Waals surface area contributed by atoms with Gasteiger partial charge >= 0.3 is 5.97 Å². The van der Waals surface area contributed by atoms with Crippen molar-refractivity contribution < 1.29 is 19.1 Å². The van der Waals surface area contributed by atoms with Gasteiger partial charge in [0.2, 0.25) is 5.91 Å². The van der Waals surface area contributed by atoms with Gasteiger partial charge in [-0.1, -0.05) is 32.9 Å². The molecule has 0 aliphatic carbocycles. The topological polar surface area (TPSA) is 66.4 Å². The fraction of sp³-hybridized carbons (Fsp3) is 0.529. The van der Waals surface area contributed by atoms with Crippen LogP contribution in [0, 0.1) is 17.2 Å². The highest BCUT2D eigenvalue weighted by Gasteiger charge is 2.35. The Balaban J connectivity index is 2.62. The lowest BCUT2D eigenvalue weighted by molar-refractivity contribution is -0.149. The van der Waals surface area contributed by atoms with Crippen LogP contribution >= 0.6 is 0 Å². The first-order chi connectivity index (χ1) is 10.3. The van der Waals surface area contributed by atoms with Gasteiger partial charge in [0.05, 0.1) is 5.41 Å². The van der Waals surface area contributed by atoms with Crippen molar-refractivity contribution in [2.24, 2.45) is 11.3 Å². The minimum Gasteiger partial charge on any atom is -0.481 e. The minimum atomic E-state index is -0.922. The van der Waals surface area contributed by atoms with Crippen LogP contribution in [0.1, 0.15) is 39.2 Å². The third-order valence-electron chi connectivity index (χ3n) is 4.29. The Morgan fingerprint density at radius 2 is 1.95 bits per heavy atom. The van der Waals surface area contributed by atoms with E-state index in [1.807, 2.05) is 0 Å². The summed E-state index contributed by atoms with van der Waals surface area (Å²) in [5.74, 6) is -1.78. The molecule has 22 heavy (non-hydrogen) atoms. The van der Waals surface area contributed by atoms with E-state index in [1.54, 1.807) is 32.9 Å². The van der Waals surface area contributed by atoms with Crippen molar-refractivity contribution >= 4 is 11.9 Å². The summed E-state index contributed by atoms with van der Waals surface area (Å²) in [6.07, 6.45) is 1.33. The number of carboxylic acids is 1. The third-order valence-corrected chi connectivity index (χ3v) is 4.29. The summed E-state index contributed by atoms with van der Waals surface area (Å²) >= 11 is 0. The van der Waals surface area contributed by atoms with E-state index in [0.717, 1.165) is 5.56 Å². The van der Waals surface area contributed by atoms with Crippen molar-refractivity contribution in [1.29, 1.82) is 0 Å². The number of aliphatic carboxylic acids is 1. The fourth-order valence-corrected chi connectivity index (χ4v) is 2.42. The largest absolute Gasteiger partial charge is 0.481 e. The van der Waals surface area contributed by atoms with Gasteiger partial charge in [-0.15, -0.1) is 0 Å². The van der Waals surface area contributed by atoms with Gasteiger partial charge in [0.25, 0.3) is 0 Å². The Kier molecular flexibility index (Phi) is 6.53. The van der Waals surface area contributed by atoms with Crippen LogP contribution < -0.4 is 5.32 Å². The Morgan fingerprint density at radius 3 is 2.45 bits per heavy atom. The summed E-state index contributed by atoms with van der Waals surface area (Å²) in [5.41, 5.74) is -0.174. The van der Waals surface area contributed by atoms with Gasteiger partial charge in [-0.3, -0.25) is 9.59 Å². The molecule has 0 radical (unpaired) electrons. The van der Waals surface area contributed by atoms with E-state index < -0.39 is 11.4 Å². The van der Waals surface area contributed by atoms with Gasteiger partial charge in [0.15, 0.2) is 0 Å². The average molecular weight is 309 g/mol. The highest BCUT2D eigenvalue weighted by Crippen LogP contribution is 2.25. The van der Waals surface area contributed by atoms with Gasteiger partial charge in [0.1, 0.15) is 5.82 Å². The number of nitrogens with one attached hydrogen (secondary N) is 1. The number of hydrogen-bond donors (Lipinski definition) is 2. The molecule has 0 spiro atoms. The first kappa shape index (κ1) is 18.1. The molecule has 4 nitrogen and oxygen atoms in total. The van der Waals surface area contributed by atoms with E-state index in [1.165, 1.54) is 12.1 Å². The molecule has 0 saturated carbocycles. The number of rotatable bonds is 8. The maximum Gasteiger partial charge on any atom is 0.311 e. The van der Waals surface area contributed by atoms with Crippen LogP contribution in [0.5, 0.6) is 0 Å². The molecule has 0 aliphatic heterocycles. The molecule has 0 aromatic heterocycles. The summed E-state index contributed by atoms with van der Waals surface area (Å²) in [6.45, 7) is 5.47. The first-order valence-corrected chi connectivity index (χ1v) is 7.60. The van der Waals surface area contributed by atoms with Crippen LogP contribution in [-0.2, 0) is 16.0 Å². The molecule has 1 aromatic rings. The maximum atomic E-state index is 13.1.